The van der Waals surface area contributed by atoms with Crippen molar-refractivity contribution in [2.45, 2.75) is 25.8 Å². The number of aliphatic carboxylic acids is 1. The van der Waals surface area contributed by atoms with E-state index in [1.807, 2.05) is 61.5 Å². The fourth-order valence-electron chi connectivity index (χ4n) is 3.12. The Labute approximate surface area is 151 Å². The monoisotopic (exact) mass is 348 g/mol. The fraction of sp³-hybridized carbons (Fsp3) is 0.250. The van der Waals surface area contributed by atoms with Crippen molar-refractivity contribution in [1.29, 1.82) is 0 Å². The lowest BCUT2D eigenvalue weighted by Gasteiger charge is -2.06. The molecule has 2 aromatic carbocycles. The number of carboxylic acid groups (broad SMARTS) is 1. The first kappa shape index (κ1) is 16.3. The number of anilines is 1. The van der Waals surface area contributed by atoms with Crippen molar-refractivity contribution in [2.24, 2.45) is 5.92 Å². The maximum Gasteiger partial charge on any atom is 0.307 e. The van der Waals surface area contributed by atoms with E-state index in [1.54, 1.807) is 4.80 Å². The molecule has 3 aromatic rings. The maximum absolute atomic E-state index is 11.0. The van der Waals surface area contributed by atoms with Crippen LogP contribution >= 0.6 is 0 Å². The van der Waals surface area contributed by atoms with E-state index in [9.17, 15) is 4.79 Å². The van der Waals surface area contributed by atoms with Gasteiger partial charge < -0.3 is 10.4 Å². The predicted molar refractivity (Wildman–Crippen MR) is 98.3 cm³/mol. The van der Waals surface area contributed by atoms with Gasteiger partial charge in [-0.3, -0.25) is 4.79 Å². The molecule has 0 aliphatic heterocycles. The number of aryl methyl sites for hydroxylation is 1. The fourth-order valence-corrected chi connectivity index (χ4v) is 3.12. The topological polar surface area (TPSA) is 80.0 Å². The summed E-state index contributed by atoms with van der Waals surface area (Å²) >= 11 is 0. The van der Waals surface area contributed by atoms with Crippen LogP contribution in [-0.2, 0) is 11.3 Å². The lowest BCUT2D eigenvalue weighted by atomic mass is 10.1. The van der Waals surface area contributed by atoms with Crippen molar-refractivity contribution < 1.29 is 9.90 Å². The van der Waals surface area contributed by atoms with E-state index in [4.69, 9.17) is 5.11 Å². The van der Waals surface area contributed by atoms with Gasteiger partial charge in [0.2, 0.25) is 0 Å². The third kappa shape index (κ3) is 3.31. The number of nitrogens with one attached hydrogen (secondary N) is 1. The molecule has 2 N–H and O–H groups in total. The number of hydrogen-bond acceptors (Lipinski definition) is 4. The summed E-state index contributed by atoms with van der Waals surface area (Å²) in [6.45, 7) is 2.53. The molecule has 6 nitrogen and oxygen atoms in total. The van der Waals surface area contributed by atoms with Crippen LogP contribution in [-0.4, -0.2) is 26.1 Å². The Morgan fingerprint density at radius 1 is 1.15 bits per heavy atom. The van der Waals surface area contributed by atoms with Gasteiger partial charge in [0.25, 0.3) is 0 Å². The molecule has 1 aliphatic carbocycles. The Kier molecular flexibility index (Phi) is 4.16. The average Bonchev–Trinajstić information content (AvgIpc) is 3.38. The smallest absolute Gasteiger partial charge is 0.307 e. The van der Waals surface area contributed by atoms with Crippen LogP contribution in [0.5, 0.6) is 0 Å². The lowest BCUT2D eigenvalue weighted by Crippen LogP contribution is -2.03. The minimum atomic E-state index is -0.700. The molecule has 1 aromatic heterocycles. The molecular weight excluding hydrogens is 328 g/mol. The summed E-state index contributed by atoms with van der Waals surface area (Å²) in [6, 6.07) is 17.8. The normalized spacial score (nSPS) is 18.5. The van der Waals surface area contributed by atoms with Gasteiger partial charge in [-0.15, -0.1) is 0 Å². The van der Waals surface area contributed by atoms with E-state index in [0.717, 1.165) is 34.7 Å². The van der Waals surface area contributed by atoms with Gasteiger partial charge in [-0.1, -0.05) is 30.3 Å². The summed E-state index contributed by atoms with van der Waals surface area (Å²) in [6.07, 6.45) is 0.740. The van der Waals surface area contributed by atoms with Crippen molar-refractivity contribution in [3.63, 3.8) is 0 Å². The Morgan fingerprint density at radius 3 is 2.54 bits per heavy atom. The Hall–Kier alpha value is -3.15. The van der Waals surface area contributed by atoms with Crippen LogP contribution in [0.2, 0.25) is 0 Å². The standard InChI is InChI=1S/C20H20N4O2/c1-13-19(23-24(22-13)16-5-3-2-4-6-16)12-21-15-9-7-14(8-10-15)17-11-18(17)20(25)26/h2-10,17-18,21H,11-12H2,1H3,(H,25,26)/t17-,18+/m0/s1. The number of nitrogens with zero attached hydrogens (tertiary/aromatic N) is 3. The second kappa shape index (κ2) is 6.63. The van der Waals surface area contributed by atoms with Crippen LogP contribution < -0.4 is 5.32 Å². The third-order valence-corrected chi connectivity index (χ3v) is 4.77. The predicted octanol–water partition coefficient (Wildman–Crippen LogP) is 3.38. The van der Waals surface area contributed by atoms with Gasteiger partial charge in [0.15, 0.2) is 0 Å². The Bertz CT molecular complexity index is 919. The zero-order valence-corrected chi connectivity index (χ0v) is 14.5. The summed E-state index contributed by atoms with van der Waals surface area (Å²) < 4.78 is 0. The van der Waals surface area contributed by atoms with E-state index < -0.39 is 5.97 Å². The highest BCUT2D eigenvalue weighted by atomic mass is 16.4. The van der Waals surface area contributed by atoms with Crippen molar-refractivity contribution >= 4 is 11.7 Å². The zero-order chi connectivity index (χ0) is 18.1. The second-order valence-corrected chi connectivity index (χ2v) is 6.62. The highest BCUT2D eigenvalue weighted by Crippen LogP contribution is 2.47. The van der Waals surface area contributed by atoms with Crippen LogP contribution in [0.4, 0.5) is 5.69 Å². The second-order valence-electron chi connectivity index (χ2n) is 6.62. The molecule has 0 bridgehead atoms. The first-order valence-corrected chi connectivity index (χ1v) is 8.66. The molecule has 132 valence electrons. The minimum Gasteiger partial charge on any atom is -0.481 e. The maximum atomic E-state index is 11.0. The van der Waals surface area contributed by atoms with E-state index in [2.05, 4.69) is 15.5 Å². The first-order valence-electron chi connectivity index (χ1n) is 8.66. The van der Waals surface area contributed by atoms with Gasteiger partial charge in [0, 0.05) is 5.69 Å². The van der Waals surface area contributed by atoms with Crippen LogP contribution in [0.15, 0.2) is 54.6 Å². The molecule has 1 heterocycles. The van der Waals surface area contributed by atoms with Gasteiger partial charge >= 0.3 is 5.97 Å². The molecule has 4 rings (SSSR count). The number of aromatic nitrogens is 3. The summed E-state index contributed by atoms with van der Waals surface area (Å²) in [7, 11) is 0. The van der Waals surface area contributed by atoms with E-state index in [0.29, 0.717) is 6.54 Å². The number of rotatable bonds is 6. The number of benzene rings is 2. The van der Waals surface area contributed by atoms with Crippen molar-refractivity contribution in [3.05, 3.63) is 71.5 Å². The largest absolute Gasteiger partial charge is 0.481 e. The molecule has 0 unspecified atom stereocenters. The SMILES string of the molecule is Cc1nn(-c2ccccc2)nc1CNc1ccc([C@@H]2C[C@H]2C(=O)O)cc1. The minimum absolute atomic E-state index is 0.162. The number of hydrogen-bond donors (Lipinski definition) is 2. The summed E-state index contributed by atoms with van der Waals surface area (Å²) in [4.78, 5) is 12.6. The summed E-state index contributed by atoms with van der Waals surface area (Å²) in [5, 5.41) is 21.4. The van der Waals surface area contributed by atoms with Crippen LogP contribution in [0, 0.1) is 12.8 Å². The zero-order valence-electron chi connectivity index (χ0n) is 14.5. The van der Waals surface area contributed by atoms with Gasteiger partial charge in [-0.05, 0) is 49.1 Å². The van der Waals surface area contributed by atoms with Gasteiger partial charge in [0.1, 0.15) is 5.69 Å². The van der Waals surface area contributed by atoms with Crippen LogP contribution in [0.1, 0.15) is 29.3 Å². The quantitative estimate of drug-likeness (QED) is 0.714. The molecule has 1 aliphatic rings. The van der Waals surface area contributed by atoms with E-state index in [1.165, 1.54) is 0 Å². The molecule has 0 radical (unpaired) electrons. The molecule has 2 atom stereocenters. The summed E-state index contributed by atoms with van der Waals surface area (Å²) in [5.74, 6) is -0.756. The van der Waals surface area contributed by atoms with Crippen molar-refractivity contribution in [2.75, 3.05) is 5.32 Å². The highest BCUT2D eigenvalue weighted by Gasteiger charge is 2.43. The number of carboxylic acids is 1. The van der Waals surface area contributed by atoms with Gasteiger partial charge in [-0.25, -0.2) is 0 Å². The third-order valence-electron chi connectivity index (χ3n) is 4.77. The Morgan fingerprint density at radius 2 is 1.88 bits per heavy atom. The van der Waals surface area contributed by atoms with Gasteiger partial charge in [-0.2, -0.15) is 15.0 Å². The molecule has 1 fully saturated rings. The van der Waals surface area contributed by atoms with E-state index >= 15 is 0 Å². The summed E-state index contributed by atoms with van der Waals surface area (Å²) in [5.41, 5.74) is 4.79. The molecule has 1 saturated carbocycles. The molecular formula is C20H20N4O2. The highest BCUT2D eigenvalue weighted by molar-refractivity contribution is 5.75. The van der Waals surface area contributed by atoms with Gasteiger partial charge in [0.05, 0.1) is 23.8 Å². The first-order chi connectivity index (χ1) is 12.6. The molecule has 26 heavy (non-hydrogen) atoms. The van der Waals surface area contributed by atoms with Crippen LogP contribution in [0.3, 0.4) is 0 Å². The Balaban J connectivity index is 1.40. The van der Waals surface area contributed by atoms with Crippen molar-refractivity contribution in [3.8, 4) is 5.69 Å². The van der Waals surface area contributed by atoms with Crippen molar-refractivity contribution in [1.82, 2.24) is 15.0 Å². The molecule has 0 amide bonds. The van der Waals surface area contributed by atoms with E-state index in [-0.39, 0.29) is 11.8 Å². The number of carbonyl (C=O) groups is 1. The lowest BCUT2D eigenvalue weighted by molar-refractivity contribution is -0.138. The van der Waals surface area contributed by atoms with Crippen LogP contribution in [0.25, 0.3) is 5.69 Å². The number of para-hydroxylation sites is 1. The molecule has 0 spiro atoms. The molecule has 6 heteroatoms. The average molecular weight is 348 g/mol. The molecule has 0 saturated heterocycles.